The first-order valence-corrected chi connectivity index (χ1v) is 8.29. The maximum atomic E-state index is 11.1. The van der Waals surface area contributed by atoms with Gasteiger partial charge in [-0.2, -0.15) is 0 Å². The second-order valence-electron chi connectivity index (χ2n) is 6.08. The fraction of sp³-hybridized carbons (Fsp3) is 0.389. The predicted octanol–water partition coefficient (Wildman–Crippen LogP) is 1.94. The number of ether oxygens (including phenoxy) is 2. The number of methoxy groups -OCH3 is 1. The van der Waals surface area contributed by atoms with Gasteiger partial charge in [-0.05, 0) is 31.5 Å². The van der Waals surface area contributed by atoms with Crippen molar-refractivity contribution >= 4 is 5.91 Å². The molecular weight excluding hydrogens is 320 g/mol. The lowest BCUT2D eigenvalue weighted by molar-refractivity contribution is -0.119. The first kappa shape index (κ1) is 17.2. The molecule has 132 valence electrons. The number of carbonyl (C=O) groups excluding carboxylic acids is 1. The zero-order valence-corrected chi connectivity index (χ0v) is 14.2. The number of rotatable bonds is 6. The van der Waals surface area contributed by atoms with E-state index in [1.807, 2.05) is 24.3 Å². The lowest BCUT2D eigenvalue weighted by atomic mass is 9.95. The first-order valence-electron chi connectivity index (χ1n) is 8.29. The van der Waals surface area contributed by atoms with Crippen molar-refractivity contribution in [1.82, 2.24) is 14.9 Å². The van der Waals surface area contributed by atoms with Crippen LogP contribution in [0.3, 0.4) is 0 Å². The van der Waals surface area contributed by atoms with Gasteiger partial charge in [-0.3, -0.25) is 14.7 Å². The highest BCUT2D eigenvalue weighted by Crippen LogP contribution is 2.31. The van der Waals surface area contributed by atoms with Crippen LogP contribution in [-0.4, -0.2) is 47.5 Å². The van der Waals surface area contributed by atoms with Gasteiger partial charge >= 0.3 is 0 Å². The molecule has 7 nitrogen and oxygen atoms in total. The highest BCUT2D eigenvalue weighted by atomic mass is 16.5. The van der Waals surface area contributed by atoms with Gasteiger partial charge in [0.25, 0.3) is 0 Å². The highest BCUT2D eigenvalue weighted by Gasteiger charge is 2.24. The van der Waals surface area contributed by atoms with E-state index < -0.39 is 0 Å². The molecule has 1 fully saturated rings. The molecule has 1 saturated heterocycles. The van der Waals surface area contributed by atoms with Gasteiger partial charge in [0.1, 0.15) is 0 Å². The topological polar surface area (TPSA) is 90.6 Å². The number of amides is 1. The summed E-state index contributed by atoms with van der Waals surface area (Å²) in [6.07, 6.45) is 5.34. The summed E-state index contributed by atoms with van der Waals surface area (Å²) in [5.74, 6) is 1.56. The molecule has 1 atom stereocenters. The molecule has 1 amide bonds. The molecule has 2 N–H and O–H groups in total. The minimum absolute atomic E-state index is 0.210. The van der Waals surface area contributed by atoms with E-state index in [2.05, 4.69) is 14.9 Å². The largest absolute Gasteiger partial charge is 0.493 e. The predicted molar refractivity (Wildman–Crippen MR) is 92.7 cm³/mol. The van der Waals surface area contributed by atoms with Gasteiger partial charge in [-0.1, -0.05) is 12.1 Å². The van der Waals surface area contributed by atoms with E-state index in [4.69, 9.17) is 15.2 Å². The summed E-state index contributed by atoms with van der Waals surface area (Å²) in [7, 11) is 1.60. The van der Waals surface area contributed by atoms with Crippen LogP contribution in [0.25, 0.3) is 0 Å². The zero-order valence-electron chi connectivity index (χ0n) is 14.2. The number of likely N-dealkylation sites (tertiary alicyclic amines) is 1. The molecule has 2 heterocycles. The standard InChI is InChI=1S/C18H22N4O3/c1-24-15-6-2-3-7-16(15)25-18-10-20-9-14(21-18)13-5-4-8-22(11-13)12-17(19)23/h2-3,6-7,9-10,13H,4-5,8,11-12H2,1H3,(H2,19,23)/t13-/m1/s1. The first-order chi connectivity index (χ1) is 12.2. The molecule has 0 bridgehead atoms. The molecule has 1 aromatic heterocycles. The summed E-state index contributed by atoms with van der Waals surface area (Å²) in [5.41, 5.74) is 6.17. The van der Waals surface area contributed by atoms with E-state index in [-0.39, 0.29) is 18.4 Å². The van der Waals surface area contributed by atoms with Crippen molar-refractivity contribution < 1.29 is 14.3 Å². The van der Waals surface area contributed by atoms with Gasteiger partial charge in [0.2, 0.25) is 11.8 Å². The average Bonchev–Trinajstić information content (AvgIpc) is 2.62. The summed E-state index contributed by atoms with van der Waals surface area (Å²) >= 11 is 0. The van der Waals surface area contributed by atoms with Gasteiger partial charge in [0.05, 0.1) is 25.5 Å². The van der Waals surface area contributed by atoms with Crippen molar-refractivity contribution in [3.63, 3.8) is 0 Å². The maximum absolute atomic E-state index is 11.1. The van der Waals surface area contributed by atoms with E-state index in [1.165, 1.54) is 0 Å². The summed E-state index contributed by atoms with van der Waals surface area (Å²) < 4.78 is 11.1. The Kier molecular flexibility index (Phi) is 5.45. The molecule has 1 aliphatic heterocycles. The third-order valence-corrected chi connectivity index (χ3v) is 4.22. The quantitative estimate of drug-likeness (QED) is 0.863. The molecule has 7 heteroatoms. The Morgan fingerprint density at radius 2 is 2.12 bits per heavy atom. The molecule has 1 aliphatic rings. The van der Waals surface area contributed by atoms with E-state index in [1.54, 1.807) is 19.5 Å². The van der Waals surface area contributed by atoms with Gasteiger partial charge in [-0.15, -0.1) is 0 Å². The van der Waals surface area contributed by atoms with Gasteiger partial charge < -0.3 is 15.2 Å². The number of aromatic nitrogens is 2. The highest BCUT2D eigenvalue weighted by molar-refractivity contribution is 5.75. The van der Waals surface area contributed by atoms with E-state index in [0.29, 0.717) is 17.4 Å². The van der Waals surface area contributed by atoms with Crippen molar-refractivity contribution in [1.29, 1.82) is 0 Å². The lowest BCUT2D eigenvalue weighted by Gasteiger charge is -2.31. The Morgan fingerprint density at radius 1 is 1.32 bits per heavy atom. The number of carbonyl (C=O) groups is 1. The van der Waals surface area contributed by atoms with Gasteiger partial charge in [0.15, 0.2) is 11.5 Å². The molecule has 0 radical (unpaired) electrons. The molecule has 0 saturated carbocycles. The number of benzene rings is 1. The fourth-order valence-electron chi connectivity index (χ4n) is 3.08. The molecule has 25 heavy (non-hydrogen) atoms. The zero-order chi connectivity index (χ0) is 17.6. The van der Waals surface area contributed by atoms with E-state index >= 15 is 0 Å². The minimum atomic E-state index is -0.306. The Balaban J connectivity index is 1.74. The van der Waals surface area contributed by atoms with Crippen LogP contribution in [0.1, 0.15) is 24.5 Å². The number of hydrogen-bond acceptors (Lipinski definition) is 6. The monoisotopic (exact) mass is 342 g/mol. The molecule has 2 aromatic rings. The van der Waals surface area contributed by atoms with Crippen LogP contribution >= 0.6 is 0 Å². The third kappa shape index (κ3) is 4.45. The maximum Gasteiger partial charge on any atom is 0.238 e. The van der Waals surface area contributed by atoms with Crippen LogP contribution in [0.5, 0.6) is 17.4 Å². The van der Waals surface area contributed by atoms with Crippen LogP contribution in [0.15, 0.2) is 36.7 Å². The molecule has 0 spiro atoms. The average molecular weight is 342 g/mol. The number of nitrogens with zero attached hydrogens (tertiary/aromatic N) is 3. The summed E-state index contributed by atoms with van der Waals surface area (Å²) in [5, 5.41) is 0. The SMILES string of the molecule is COc1ccccc1Oc1cncc([C@@H]2CCCN(CC(N)=O)C2)n1. The second kappa shape index (κ2) is 7.94. The number of para-hydroxylation sites is 2. The Hall–Kier alpha value is -2.67. The van der Waals surface area contributed by atoms with Crippen molar-refractivity contribution in [2.75, 3.05) is 26.7 Å². The Morgan fingerprint density at radius 3 is 2.88 bits per heavy atom. The smallest absolute Gasteiger partial charge is 0.238 e. The van der Waals surface area contributed by atoms with Crippen molar-refractivity contribution in [2.45, 2.75) is 18.8 Å². The summed E-state index contributed by atoms with van der Waals surface area (Å²) in [4.78, 5) is 22.1. The van der Waals surface area contributed by atoms with Crippen LogP contribution in [0.2, 0.25) is 0 Å². The van der Waals surface area contributed by atoms with E-state index in [0.717, 1.165) is 31.6 Å². The lowest BCUT2D eigenvalue weighted by Crippen LogP contribution is -2.40. The van der Waals surface area contributed by atoms with Crippen LogP contribution < -0.4 is 15.2 Å². The van der Waals surface area contributed by atoms with E-state index in [9.17, 15) is 4.79 Å². The number of nitrogens with two attached hydrogens (primary N) is 1. The Bertz CT molecular complexity index is 738. The summed E-state index contributed by atoms with van der Waals surface area (Å²) in [6, 6.07) is 7.40. The van der Waals surface area contributed by atoms with Crippen molar-refractivity contribution in [3.05, 3.63) is 42.4 Å². The van der Waals surface area contributed by atoms with Crippen molar-refractivity contribution in [3.8, 4) is 17.4 Å². The number of piperidine rings is 1. The van der Waals surface area contributed by atoms with Crippen LogP contribution in [-0.2, 0) is 4.79 Å². The fourth-order valence-corrected chi connectivity index (χ4v) is 3.08. The number of hydrogen-bond donors (Lipinski definition) is 1. The third-order valence-electron chi connectivity index (χ3n) is 4.22. The molecule has 1 aromatic carbocycles. The van der Waals surface area contributed by atoms with Crippen LogP contribution in [0, 0.1) is 0 Å². The molecular formula is C18H22N4O3. The normalized spacial score (nSPS) is 17.9. The van der Waals surface area contributed by atoms with Gasteiger partial charge in [0, 0.05) is 18.7 Å². The van der Waals surface area contributed by atoms with Gasteiger partial charge in [-0.25, -0.2) is 4.98 Å². The molecule has 3 rings (SSSR count). The van der Waals surface area contributed by atoms with Crippen LogP contribution in [0.4, 0.5) is 0 Å². The Labute approximate surface area is 146 Å². The summed E-state index contributed by atoms with van der Waals surface area (Å²) in [6.45, 7) is 1.90. The molecule has 0 unspecified atom stereocenters. The minimum Gasteiger partial charge on any atom is -0.493 e. The number of primary amides is 1. The second-order valence-corrected chi connectivity index (χ2v) is 6.08. The van der Waals surface area contributed by atoms with Crippen molar-refractivity contribution in [2.24, 2.45) is 5.73 Å². The molecule has 0 aliphatic carbocycles.